The molecule has 0 amide bonds. The third-order valence-electron chi connectivity index (χ3n) is 4.38. The predicted octanol–water partition coefficient (Wildman–Crippen LogP) is 4.40. The number of rotatable bonds is 5. The highest BCUT2D eigenvalue weighted by atomic mass is 16.3. The van der Waals surface area contributed by atoms with Crippen molar-refractivity contribution in [2.75, 3.05) is 5.32 Å². The summed E-state index contributed by atoms with van der Waals surface area (Å²) in [5, 5.41) is 14.0. The average Bonchev–Trinajstić information content (AvgIpc) is 2.72. The van der Waals surface area contributed by atoms with Gasteiger partial charge in [0.2, 0.25) is 0 Å². The first-order chi connectivity index (χ1) is 12.8. The lowest BCUT2D eigenvalue weighted by Gasteiger charge is -2.12. The van der Waals surface area contributed by atoms with Crippen molar-refractivity contribution in [1.82, 2.24) is 9.97 Å². The van der Waals surface area contributed by atoms with Gasteiger partial charge in [-0.3, -0.25) is 4.98 Å². The van der Waals surface area contributed by atoms with Gasteiger partial charge in [-0.25, -0.2) is 4.98 Å². The molecule has 0 saturated carbocycles. The van der Waals surface area contributed by atoms with E-state index in [0.29, 0.717) is 6.54 Å². The van der Waals surface area contributed by atoms with Gasteiger partial charge in [0.05, 0.1) is 12.1 Å². The van der Waals surface area contributed by atoms with Crippen molar-refractivity contribution in [1.29, 1.82) is 0 Å². The lowest BCUT2D eigenvalue weighted by Crippen LogP contribution is -2.05. The average molecular weight is 341 g/mol. The van der Waals surface area contributed by atoms with Crippen LogP contribution in [0.5, 0.6) is 0 Å². The van der Waals surface area contributed by atoms with E-state index in [9.17, 15) is 5.11 Å². The second-order valence-corrected chi connectivity index (χ2v) is 6.14. The normalized spacial score (nSPS) is 10.8. The molecule has 0 aliphatic heterocycles. The second kappa shape index (κ2) is 7.33. The van der Waals surface area contributed by atoms with Crippen LogP contribution in [0.15, 0.2) is 79.1 Å². The van der Waals surface area contributed by atoms with Crippen LogP contribution in [0.25, 0.3) is 22.0 Å². The summed E-state index contributed by atoms with van der Waals surface area (Å²) in [6, 6.07) is 22.3. The molecule has 0 bridgehead atoms. The van der Waals surface area contributed by atoms with E-state index in [4.69, 9.17) is 0 Å². The van der Waals surface area contributed by atoms with Crippen LogP contribution in [-0.2, 0) is 13.2 Å². The Kier molecular flexibility index (Phi) is 4.58. The molecule has 4 heteroatoms. The van der Waals surface area contributed by atoms with E-state index in [2.05, 4.69) is 39.6 Å². The summed E-state index contributed by atoms with van der Waals surface area (Å²) in [4.78, 5) is 8.81. The Labute approximate surface area is 152 Å². The first kappa shape index (κ1) is 16.2. The molecule has 0 saturated heterocycles. The fourth-order valence-electron chi connectivity index (χ4n) is 2.97. The number of pyridine rings is 2. The molecule has 2 aromatic heterocycles. The highest BCUT2D eigenvalue weighted by Gasteiger charge is 2.06. The summed E-state index contributed by atoms with van der Waals surface area (Å²) in [6.07, 6.45) is 3.64. The van der Waals surface area contributed by atoms with Crippen LogP contribution in [-0.4, -0.2) is 15.1 Å². The van der Waals surface area contributed by atoms with Crippen molar-refractivity contribution in [3.05, 3.63) is 90.3 Å². The molecule has 4 rings (SSSR count). The standard InChI is InChI=1S/C22H19N3O/c26-15-20-12-18-4-1-2-6-21(18)25-22(20)24-13-16-7-9-17(10-8-16)19-5-3-11-23-14-19/h1-12,14,26H,13,15H2,(H,24,25). The number of para-hydroxylation sites is 1. The van der Waals surface area contributed by atoms with Crippen molar-refractivity contribution in [3.8, 4) is 11.1 Å². The van der Waals surface area contributed by atoms with E-state index in [1.807, 2.05) is 48.7 Å². The van der Waals surface area contributed by atoms with Crippen LogP contribution >= 0.6 is 0 Å². The van der Waals surface area contributed by atoms with Gasteiger partial charge in [-0.05, 0) is 34.9 Å². The van der Waals surface area contributed by atoms with Crippen molar-refractivity contribution < 1.29 is 5.11 Å². The molecule has 0 radical (unpaired) electrons. The number of hydrogen-bond acceptors (Lipinski definition) is 4. The molecule has 0 aliphatic carbocycles. The summed E-state index contributed by atoms with van der Waals surface area (Å²) in [5.74, 6) is 0.725. The van der Waals surface area contributed by atoms with E-state index < -0.39 is 0 Å². The smallest absolute Gasteiger partial charge is 0.132 e. The molecular formula is C22H19N3O. The van der Waals surface area contributed by atoms with E-state index in [1.165, 1.54) is 0 Å². The Morgan fingerprint density at radius 3 is 2.50 bits per heavy atom. The molecule has 128 valence electrons. The maximum Gasteiger partial charge on any atom is 0.132 e. The molecule has 0 atom stereocenters. The zero-order chi connectivity index (χ0) is 17.8. The van der Waals surface area contributed by atoms with Crippen LogP contribution < -0.4 is 5.32 Å². The Hall–Kier alpha value is -3.24. The molecule has 2 heterocycles. The highest BCUT2D eigenvalue weighted by molar-refractivity contribution is 5.81. The zero-order valence-corrected chi connectivity index (χ0v) is 14.3. The van der Waals surface area contributed by atoms with Gasteiger partial charge in [0, 0.05) is 29.9 Å². The Bertz CT molecular complexity index is 1010. The van der Waals surface area contributed by atoms with E-state index in [1.54, 1.807) is 6.20 Å². The van der Waals surface area contributed by atoms with Crippen LogP contribution in [0.3, 0.4) is 0 Å². The number of nitrogens with one attached hydrogen (secondary N) is 1. The Balaban J connectivity index is 1.53. The fourth-order valence-corrected chi connectivity index (χ4v) is 2.97. The van der Waals surface area contributed by atoms with E-state index >= 15 is 0 Å². The Morgan fingerprint density at radius 1 is 0.885 bits per heavy atom. The summed E-state index contributed by atoms with van der Waals surface area (Å²) in [5.41, 5.74) is 5.11. The van der Waals surface area contributed by atoms with Gasteiger partial charge in [-0.2, -0.15) is 0 Å². The van der Waals surface area contributed by atoms with Gasteiger partial charge in [0.15, 0.2) is 0 Å². The van der Waals surface area contributed by atoms with Gasteiger partial charge >= 0.3 is 0 Å². The SMILES string of the molecule is OCc1cc2ccccc2nc1NCc1ccc(-c2cccnc2)cc1. The van der Waals surface area contributed by atoms with Gasteiger partial charge < -0.3 is 10.4 Å². The topological polar surface area (TPSA) is 58.0 Å². The molecule has 0 aliphatic rings. The number of hydrogen-bond donors (Lipinski definition) is 2. The van der Waals surface area contributed by atoms with Gasteiger partial charge in [0.25, 0.3) is 0 Å². The van der Waals surface area contributed by atoms with Crippen LogP contribution in [0.1, 0.15) is 11.1 Å². The first-order valence-electron chi connectivity index (χ1n) is 8.56. The molecule has 0 unspecified atom stereocenters. The number of fused-ring (bicyclic) bond motifs is 1. The Morgan fingerprint density at radius 2 is 1.73 bits per heavy atom. The third-order valence-corrected chi connectivity index (χ3v) is 4.38. The number of aliphatic hydroxyl groups excluding tert-OH is 1. The minimum absolute atomic E-state index is 0.0416. The van der Waals surface area contributed by atoms with Gasteiger partial charge in [-0.15, -0.1) is 0 Å². The van der Waals surface area contributed by atoms with E-state index in [-0.39, 0.29) is 6.61 Å². The van der Waals surface area contributed by atoms with E-state index in [0.717, 1.165) is 39.0 Å². The number of benzene rings is 2. The number of aromatic nitrogens is 2. The van der Waals surface area contributed by atoms with Crippen LogP contribution in [0.2, 0.25) is 0 Å². The van der Waals surface area contributed by atoms with Gasteiger partial charge in [0.1, 0.15) is 5.82 Å². The third kappa shape index (κ3) is 3.41. The summed E-state index contributed by atoms with van der Waals surface area (Å²) < 4.78 is 0. The molecule has 0 spiro atoms. The minimum atomic E-state index is -0.0416. The highest BCUT2D eigenvalue weighted by Crippen LogP contribution is 2.22. The lowest BCUT2D eigenvalue weighted by molar-refractivity contribution is 0.282. The molecule has 4 nitrogen and oxygen atoms in total. The zero-order valence-electron chi connectivity index (χ0n) is 14.3. The molecule has 2 N–H and O–H groups in total. The molecule has 26 heavy (non-hydrogen) atoms. The van der Waals surface area contributed by atoms with Gasteiger partial charge in [-0.1, -0.05) is 48.5 Å². The van der Waals surface area contributed by atoms with Crippen LogP contribution in [0.4, 0.5) is 5.82 Å². The molecule has 0 fully saturated rings. The second-order valence-electron chi connectivity index (χ2n) is 6.14. The quantitative estimate of drug-likeness (QED) is 0.565. The predicted molar refractivity (Wildman–Crippen MR) is 105 cm³/mol. The number of aliphatic hydroxyl groups is 1. The van der Waals surface area contributed by atoms with Crippen LogP contribution in [0, 0.1) is 0 Å². The fraction of sp³-hybridized carbons (Fsp3) is 0.0909. The summed E-state index contributed by atoms with van der Waals surface area (Å²) in [6.45, 7) is 0.603. The summed E-state index contributed by atoms with van der Waals surface area (Å²) in [7, 11) is 0. The van der Waals surface area contributed by atoms with Crippen molar-refractivity contribution in [2.45, 2.75) is 13.2 Å². The van der Waals surface area contributed by atoms with Crippen molar-refractivity contribution in [2.24, 2.45) is 0 Å². The maximum absolute atomic E-state index is 9.65. The summed E-state index contributed by atoms with van der Waals surface area (Å²) >= 11 is 0. The molecule has 4 aromatic rings. The van der Waals surface area contributed by atoms with Crippen molar-refractivity contribution in [3.63, 3.8) is 0 Å². The van der Waals surface area contributed by atoms with Crippen molar-refractivity contribution >= 4 is 16.7 Å². The molecule has 2 aromatic carbocycles. The monoisotopic (exact) mass is 341 g/mol. The number of nitrogens with zero attached hydrogens (tertiary/aromatic N) is 2. The minimum Gasteiger partial charge on any atom is -0.392 e. The first-order valence-corrected chi connectivity index (χ1v) is 8.56. The largest absolute Gasteiger partial charge is 0.392 e. The lowest BCUT2D eigenvalue weighted by atomic mass is 10.1. The number of anilines is 1. The maximum atomic E-state index is 9.65. The molecular weight excluding hydrogens is 322 g/mol.